The largest absolute Gasteiger partial charge is 0.396 e. The van der Waals surface area contributed by atoms with Gasteiger partial charge in [0.2, 0.25) is 0 Å². The number of rotatable bonds is 9. The molecule has 1 aromatic rings. The lowest BCUT2D eigenvalue weighted by Gasteiger charge is -2.19. The Morgan fingerprint density at radius 3 is 2.76 bits per heavy atom. The number of nitrogens with one attached hydrogen (secondary N) is 1. The molecule has 1 amide bonds. The van der Waals surface area contributed by atoms with E-state index in [2.05, 4.69) is 5.32 Å². The van der Waals surface area contributed by atoms with Crippen molar-refractivity contribution in [2.45, 2.75) is 32.6 Å². The summed E-state index contributed by atoms with van der Waals surface area (Å²) < 4.78 is 13.9. The summed E-state index contributed by atoms with van der Waals surface area (Å²) in [4.78, 5) is 14.0. The SMILES string of the molecule is CCCNc1c(F)cccc1C(=O)N(C)CCCCCO. The molecule has 2 N–H and O–H groups in total. The quantitative estimate of drug-likeness (QED) is 0.689. The number of hydrogen-bond donors (Lipinski definition) is 2. The second-order valence-electron chi connectivity index (χ2n) is 5.10. The number of para-hydroxylation sites is 1. The molecule has 0 spiro atoms. The second kappa shape index (κ2) is 9.34. The number of nitrogens with zero attached hydrogens (tertiary/aromatic N) is 1. The number of anilines is 1. The van der Waals surface area contributed by atoms with E-state index in [4.69, 9.17) is 5.11 Å². The molecule has 0 bridgehead atoms. The molecule has 5 heteroatoms. The fourth-order valence-electron chi connectivity index (χ4n) is 2.08. The zero-order valence-electron chi connectivity index (χ0n) is 12.9. The lowest BCUT2D eigenvalue weighted by Crippen LogP contribution is -2.28. The molecule has 0 saturated heterocycles. The van der Waals surface area contributed by atoms with Crippen LogP contribution in [0.25, 0.3) is 0 Å². The molecule has 0 unspecified atom stereocenters. The summed E-state index contributed by atoms with van der Waals surface area (Å²) in [6.07, 6.45) is 3.30. The third-order valence-corrected chi connectivity index (χ3v) is 3.29. The first-order valence-electron chi connectivity index (χ1n) is 7.50. The minimum atomic E-state index is -0.400. The number of amides is 1. The molecule has 21 heavy (non-hydrogen) atoms. The minimum absolute atomic E-state index is 0.173. The van der Waals surface area contributed by atoms with Crippen molar-refractivity contribution in [2.75, 3.05) is 32.1 Å². The van der Waals surface area contributed by atoms with Crippen molar-refractivity contribution in [3.05, 3.63) is 29.6 Å². The Morgan fingerprint density at radius 2 is 2.10 bits per heavy atom. The van der Waals surface area contributed by atoms with Crippen molar-refractivity contribution in [3.8, 4) is 0 Å². The van der Waals surface area contributed by atoms with E-state index in [1.165, 1.54) is 6.07 Å². The lowest BCUT2D eigenvalue weighted by atomic mass is 10.1. The first-order chi connectivity index (χ1) is 10.1. The second-order valence-corrected chi connectivity index (χ2v) is 5.10. The van der Waals surface area contributed by atoms with Crippen LogP contribution in [0, 0.1) is 5.82 Å². The molecule has 0 fully saturated rings. The van der Waals surface area contributed by atoms with Crippen molar-refractivity contribution in [1.82, 2.24) is 4.90 Å². The van der Waals surface area contributed by atoms with E-state index < -0.39 is 5.82 Å². The number of hydrogen-bond acceptors (Lipinski definition) is 3. The van der Waals surface area contributed by atoms with Crippen LogP contribution in [0.2, 0.25) is 0 Å². The van der Waals surface area contributed by atoms with E-state index in [1.54, 1.807) is 24.1 Å². The van der Waals surface area contributed by atoms with Crippen LogP contribution in [0.1, 0.15) is 43.0 Å². The lowest BCUT2D eigenvalue weighted by molar-refractivity contribution is 0.0792. The molecule has 1 aromatic carbocycles. The Hall–Kier alpha value is -1.62. The summed E-state index contributed by atoms with van der Waals surface area (Å²) in [7, 11) is 1.72. The van der Waals surface area contributed by atoms with Gasteiger partial charge in [-0.3, -0.25) is 4.79 Å². The van der Waals surface area contributed by atoms with Gasteiger partial charge >= 0.3 is 0 Å². The van der Waals surface area contributed by atoms with Crippen LogP contribution in [-0.4, -0.2) is 42.7 Å². The Labute approximate surface area is 126 Å². The molecular formula is C16H25FN2O2. The first kappa shape index (κ1) is 17.4. The Kier molecular flexibility index (Phi) is 7.75. The van der Waals surface area contributed by atoms with Gasteiger partial charge in [-0.05, 0) is 37.8 Å². The molecule has 0 atom stereocenters. The van der Waals surface area contributed by atoms with Gasteiger partial charge in [0.05, 0.1) is 11.3 Å². The zero-order valence-corrected chi connectivity index (χ0v) is 12.9. The molecule has 0 aliphatic heterocycles. The van der Waals surface area contributed by atoms with E-state index in [1.807, 2.05) is 6.92 Å². The van der Waals surface area contributed by atoms with Gasteiger partial charge in [-0.15, -0.1) is 0 Å². The van der Waals surface area contributed by atoms with E-state index in [0.717, 1.165) is 25.7 Å². The van der Waals surface area contributed by atoms with Crippen LogP contribution < -0.4 is 5.32 Å². The van der Waals surface area contributed by atoms with Gasteiger partial charge in [0.15, 0.2) is 0 Å². The van der Waals surface area contributed by atoms with Crippen LogP contribution >= 0.6 is 0 Å². The van der Waals surface area contributed by atoms with Crippen LogP contribution in [0.5, 0.6) is 0 Å². The Balaban J connectivity index is 2.74. The highest BCUT2D eigenvalue weighted by atomic mass is 19.1. The summed E-state index contributed by atoms with van der Waals surface area (Å²) in [6, 6.07) is 4.56. The summed E-state index contributed by atoms with van der Waals surface area (Å²) in [6.45, 7) is 3.39. The van der Waals surface area contributed by atoms with Gasteiger partial charge in [-0.1, -0.05) is 13.0 Å². The van der Waals surface area contributed by atoms with Crippen LogP contribution in [0.4, 0.5) is 10.1 Å². The summed E-state index contributed by atoms with van der Waals surface area (Å²) in [5, 5.41) is 11.7. The van der Waals surface area contributed by atoms with Gasteiger partial charge in [0.1, 0.15) is 5.82 Å². The van der Waals surface area contributed by atoms with Gasteiger partial charge in [-0.2, -0.15) is 0 Å². The summed E-state index contributed by atoms with van der Waals surface area (Å²) >= 11 is 0. The van der Waals surface area contributed by atoms with E-state index >= 15 is 0 Å². The van der Waals surface area contributed by atoms with Crippen molar-refractivity contribution in [2.24, 2.45) is 0 Å². The highest BCUT2D eigenvalue weighted by Gasteiger charge is 2.18. The number of halogens is 1. The predicted molar refractivity (Wildman–Crippen MR) is 83.1 cm³/mol. The number of carbonyl (C=O) groups is 1. The minimum Gasteiger partial charge on any atom is -0.396 e. The Bertz CT molecular complexity index is 452. The third-order valence-electron chi connectivity index (χ3n) is 3.29. The molecular weight excluding hydrogens is 271 g/mol. The molecule has 1 rings (SSSR count). The van der Waals surface area contributed by atoms with E-state index in [-0.39, 0.29) is 18.2 Å². The number of aliphatic hydroxyl groups excluding tert-OH is 1. The standard InChI is InChI=1S/C16H25FN2O2/c1-3-10-18-15-13(8-7-9-14(15)17)16(21)19(2)11-5-4-6-12-20/h7-9,18,20H,3-6,10-12H2,1-2H3. The molecule has 0 radical (unpaired) electrons. The van der Waals surface area contributed by atoms with Crippen molar-refractivity contribution >= 4 is 11.6 Å². The number of unbranched alkanes of at least 4 members (excludes halogenated alkanes) is 2. The van der Waals surface area contributed by atoms with Crippen molar-refractivity contribution in [1.29, 1.82) is 0 Å². The molecule has 0 aliphatic carbocycles. The van der Waals surface area contributed by atoms with Crippen LogP contribution in [0.15, 0.2) is 18.2 Å². The van der Waals surface area contributed by atoms with Gasteiger partial charge in [0.25, 0.3) is 5.91 Å². The maximum Gasteiger partial charge on any atom is 0.255 e. The fraction of sp³-hybridized carbons (Fsp3) is 0.562. The third kappa shape index (κ3) is 5.34. The monoisotopic (exact) mass is 296 g/mol. The van der Waals surface area contributed by atoms with Crippen molar-refractivity contribution in [3.63, 3.8) is 0 Å². The molecule has 118 valence electrons. The predicted octanol–water partition coefficient (Wildman–Crippen LogP) is 2.88. The van der Waals surface area contributed by atoms with Gasteiger partial charge in [-0.25, -0.2) is 4.39 Å². The smallest absolute Gasteiger partial charge is 0.255 e. The van der Waals surface area contributed by atoms with E-state index in [9.17, 15) is 9.18 Å². The number of carbonyl (C=O) groups excluding carboxylic acids is 1. The maximum atomic E-state index is 13.9. The van der Waals surface area contributed by atoms with Gasteiger partial charge in [0, 0.05) is 26.7 Å². The highest BCUT2D eigenvalue weighted by Crippen LogP contribution is 2.21. The van der Waals surface area contributed by atoms with Crippen LogP contribution in [-0.2, 0) is 0 Å². The van der Waals surface area contributed by atoms with Crippen molar-refractivity contribution < 1.29 is 14.3 Å². The molecule has 0 heterocycles. The average Bonchev–Trinajstić information content (AvgIpc) is 2.49. The van der Waals surface area contributed by atoms with Gasteiger partial charge < -0.3 is 15.3 Å². The summed E-state index contributed by atoms with van der Waals surface area (Å²) in [5.41, 5.74) is 0.652. The topological polar surface area (TPSA) is 52.6 Å². The first-order valence-corrected chi connectivity index (χ1v) is 7.50. The molecule has 0 saturated carbocycles. The molecule has 4 nitrogen and oxygen atoms in total. The molecule has 0 aliphatic rings. The highest BCUT2D eigenvalue weighted by molar-refractivity contribution is 5.99. The fourth-order valence-corrected chi connectivity index (χ4v) is 2.08. The average molecular weight is 296 g/mol. The van der Waals surface area contributed by atoms with Crippen LogP contribution in [0.3, 0.4) is 0 Å². The number of benzene rings is 1. The molecule has 0 aromatic heterocycles. The van der Waals surface area contributed by atoms with E-state index in [0.29, 0.717) is 18.7 Å². The number of aliphatic hydroxyl groups is 1. The summed E-state index contributed by atoms with van der Waals surface area (Å²) in [5.74, 6) is -0.583. The normalized spacial score (nSPS) is 10.5. The maximum absolute atomic E-state index is 13.9. The Morgan fingerprint density at radius 1 is 1.33 bits per heavy atom. The zero-order chi connectivity index (χ0) is 15.7.